The van der Waals surface area contributed by atoms with E-state index in [2.05, 4.69) is 26.2 Å². The van der Waals surface area contributed by atoms with E-state index in [1.165, 1.54) is 18.9 Å². The van der Waals surface area contributed by atoms with Crippen LogP contribution in [-0.2, 0) is 0 Å². The summed E-state index contributed by atoms with van der Waals surface area (Å²) in [5.41, 5.74) is 0.920. The molecule has 3 heterocycles. The van der Waals surface area contributed by atoms with Crippen LogP contribution in [0.3, 0.4) is 0 Å². The van der Waals surface area contributed by atoms with Crippen molar-refractivity contribution in [2.45, 2.75) is 43.8 Å². The highest BCUT2D eigenvalue weighted by molar-refractivity contribution is 9.10. The number of aromatic amines is 1. The Morgan fingerprint density at radius 3 is 2.62 bits per heavy atom. The van der Waals surface area contributed by atoms with Gasteiger partial charge in [-0.1, -0.05) is 15.9 Å². The van der Waals surface area contributed by atoms with Gasteiger partial charge in [0.2, 0.25) is 5.56 Å². The van der Waals surface area contributed by atoms with Crippen molar-refractivity contribution in [2.75, 3.05) is 7.05 Å². The van der Waals surface area contributed by atoms with E-state index in [0.717, 1.165) is 22.7 Å². The summed E-state index contributed by atoms with van der Waals surface area (Å²) in [6, 6.07) is 8.27. The minimum atomic E-state index is -0.244. The number of nitrogens with one attached hydrogen (secondary N) is 2. The summed E-state index contributed by atoms with van der Waals surface area (Å²) in [5, 5.41) is 4.38. The van der Waals surface area contributed by atoms with Gasteiger partial charge in [0.25, 0.3) is 5.91 Å². The Kier molecular flexibility index (Phi) is 3.96. The SMILES string of the molecule is CN(C(=O)c1cc(=O)[nH]c2ccc(Br)cc12)C1CC2CCC(C1)N2. The zero-order valence-corrected chi connectivity index (χ0v) is 15.1. The number of halogens is 1. The number of pyridine rings is 1. The van der Waals surface area contributed by atoms with Gasteiger partial charge in [0.15, 0.2) is 0 Å². The molecule has 24 heavy (non-hydrogen) atoms. The topological polar surface area (TPSA) is 65.2 Å². The number of carbonyl (C=O) groups is 1. The molecule has 6 heteroatoms. The number of nitrogens with zero attached hydrogens (tertiary/aromatic N) is 1. The van der Waals surface area contributed by atoms with Gasteiger partial charge in [-0.2, -0.15) is 0 Å². The van der Waals surface area contributed by atoms with Gasteiger partial charge in [0.1, 0.15) is 0 Å². The highest BCUT2D eigenvalue weighted by Gasteiger charge is 2.36. The number of amides is 1. The molecule has 0 saturated carbocycles. The maximum atomic E-state index is 13.1. The van der Waals surface area contributed by atoms with Crippen molar-refractivity contribution in [2.24, 2.45) is 0 Å². The van der Waals surface area contributed by atoms with Crippen molar-refractivity contribution in [1.29, 1.82) is 0 Å². The lowest BCUT2D eigenvalue weighted by Gasteiger charge is -2.35. The van der Waals surface area contributed by atoms with Crippen LogP contribution in [-0.4, -0.2) is 41.0 Å². The maximum Gasteiger partial charge on any atom is 0.254 e. The molecule has 1 aromatic heterocycles. The Morgan fingerprint density at radius 2 is 1.92 bits per heavy atom. The third-order valence-electron chi connectivity index (χ3n) is 5.35. The molecular formula is C18H20BrN3O2. The number of hydrogen-bond acceptors (Lipinski definition) is 3. The maximum absolute atomic E-state index is 13.1. The Bertz CT molecular complexity index is 851. The molecule has 0 aliphatic carbocycles. The fourth-order valence-electron chi connectivity index (χ4n) is 4.10. The molecule has 0 spiro atoms. The van der Waals surface area contributed by atoms with E-state index in [-0.39, 0.29) is 17.5 Å². The van der Waals surface area contributed by atoms with Crippen LogP contribution < -0.4 is 10.9 Å². The Balaban J connectivity index is 1.70. The minimum Gasteiger partial charge on any atom is -0.339 e. The quantitative estimate of drug-likeness (QED) is 0.829. The molecular weight excluding hydrogens is 370 g/mol. The number of piperidine rings is 1. The molecule has 126 valence electrons. The van der Waals surface area contributed by atoms with Crippen LogP contribution in [0.2, 0.25) is 0 Å². The van der Waals surface area contributed by atoms with Gasteiger partial charge in [-0.05, 0) is 43.9 Å². The van der Waals surface area contributed by atoms with Crippen molar-refractivity contribution < 1.29 is 4.79 Å². The van der Waals surface area contributed by atoms with Gasteiger partial charge in [-0.15, -0.1) is 0 Å². The number of carbonyl (C=O) groups excluding carboxylic acids is 1. The molecule has 4 rings (SSSR count). The van der Waals surface area contributed by atoms with Crippen LogP contribution in [0.15, 0.2) is 33.5 Å². The largest absolute Gasteiger partial charge is 0.339 e. The van der Waals surface area contributed by atoms with Crippen molar-refractivity contribution in [3.05, 3.63) is 44.7 Å². The van der Waals surface area contributed by atoms with E-state index in [9.17, 15) is 9.59 Å². The summed E-state index contributed by atoms with van der Waals surface area (Å²) in [7, 11) is 1.86. The summed E-state index contributed by atoms with van der Waals surface area (Å²) < 4.78 is 0.888. The minimum absolute atomic E-state index is 0.0736. The Hall–Kier alpha value is -1.66. The summed E-state index contributed by atoms with van der Waals surface area (Å²) in [6.07, 6.45) is 4.38. The van der Waals surface area contributed by atoms with Gasteiger partial charge in [0, 0.05) is 46.6 Å². The Morgan fingerprint density at radius 1 is 1.21 bits per heavy atom. The number of benzene rings is 1. The molecule has 1 aromatic carbocycles. The molecule has 2 aromatic rings. The highest BCUT2D eigenvalue weighted by Crippen LogP contribution is 2.30. The smallest absolute Gasteiger partial charge is 0.254 e. The molecule has 2 atom stereocenters. The molecule has 1 amide bonds. The zero-order valence-electron chi connectivity index (χ0n) is 13.5. The number of fused-ring (bicyclic) bond motifs is 3. The standard InChI is InChI=1S/C18H20BrN3O2/c1-22(13-7-11-3-4-12(8-13)20-11)18(24)15-9-17(23)21-16-5-2-10(19)6-14(15)16/h2,5-6,9,11-13,20H,3-4,7-8H2,1H3,(H,21,23). The van der Waals surface area contributed by atoms with Crippen LogP contribution >= 0.6 is 15.9 Å². The first-order valence-electron chi connectivity index (χ1n) is 8.37. The summed E-state index contributed by atoms with van der Waals surface area (Å²) >= 11 is 3.45. The van der Waals surface area contributed by atoms with Crippen LogP contribution in [0.4, 0.5) is 0 Å². The predicted molar refractivity (Wildman–Crippen MR) is 97.3 cm³/mol. The third kappa shape index (κ3) is 2.78. The summed E-state index contributed by atoms with van der Waals surface area (Å²) in [6.45, 7) is 0. The van der Waals surface area contributed by atoms with E-state index in [1.54, 1.807) is 0 Å². The average molecular weight is 390 g/mol. The van der Waals surface area contributed by atoms with E-state index in [0.29, 0.717) is 23.2 Å². The van der Waals surface area contributed by atoms with Crippen molar-refractivity contribution in [3.63, 3.8) is 0 Å². The first-order chi connectivity index (χ1) is 11.5. The Labute approximate surface area is 148 Å². The van der Waals surface area contributed by atoms with E-state index in [4.69, 9.17) is 0 Å². The highest BCUT2D eigenvalue weighted by atomic mass is 79.9. The molecule has 2 unspecified atom stereocenters. The van der Waals surface area contributed by atoms with Gasteiger partial charge in [-0.25, -0.2) is 0 Å². The van der Waals surface area contributed by atoms with Gasteiger partial charge in [0.05, 0.1) is 5.56 Å². The number of rotatable bonds is 2. The number of H-pyrrole nitrogens is 1. The lowest BCUT2D eigenvalue weighted by atomic mass is 9.97. The van der Waals surface area contributed by atoms with Crippen molar-refractivity contribution in [1.82, 2.24) is 15.2 Å². The van der Waals surface area contributed by atoms with E-state index < -0.39 is 0 Å². The van der Waals surface area contributed by atoms with Crippen LogP contribution in [0.25, 0.3) is 10.9 Å². The number of hydrogen-bond donors (Lipinski definition) is 2. The molecule has 2 N–H and O–H groups in total. The first kappa shape index (κ1) is 15.8. The monoisotopic (exact) mass is 389 g/mol. The zero-order chi connectivity index (χ0) is 16.8. The fraction of sp³-hybridized carbons (Fsp3) is 0.444. The van der Waals surface area contributed by atoms with Crippen LogP contribution in [0.1, 0.15) is 36.0 Å². The molecule has 2 bridgehead atoms. The van der Waals surface area contributed by atoms with Crippen molar-refractivity contribution in [3.8, 4) is 0 Å². The first-order valence-corrected chi connectivity index (χ1v) is 9.16. The van der Waals surface area contributed by atoms with Gasteiger partial charge >= 0.3 is 0 Å². The molecule has 2 saturated heterocycles. The van der Waals surface area contributed by atoms with Gasteiger partial charge in [-0.3, -0.25) is 9.59 Å². The second-order valence-electron chi connectivity index (χ2n) is 6.92. The predicted octanol–water partition coefficient (Wildman–Crippen LogP) is 2.65. The lowest BCUT2D eigenvalue weighted by molar-refractivity contribution is 0.0683. The van der Waals surface area contributed by atoms with Crippen LogP contribution in [0, 0.1) is 0 Å². The molecule has 0 radical (unpaired) electrons. The van der Waals surface area contributed by atoms with Gasteiger partial charge < -0.3 is 15.2 Å². The molecule has 2 fully saturated rings. The molecule has 5 nitrogen and oxygen atoms in total. The average Bonchev–Trinajstić information content (AvgIpc) is 2.91. The third-order valence-corrected chi connectivity index (χ3v) is 5.84. The second-order valence-corrected chi connectivity index (χ2v) is 7.83. The summed E-state index contributed by atoms with van der Waals surface area (Å²) in [5.74, 6) is -0.0736. The normalized spacial score (nSPS) is 25.8. The van der Waals surface area contributed by atoms with Crippen molar-refractivity contribution >= 4 is 32.7 Å². The summed E-state index contributed by atoms with van der Waals surface area (Å²) in [4.78, 5) is 29.7. The second kappa shape index (κ2) is 6.01. The number of aromatic nitrogens is 1. The molecule has 2 aliphatic heterocycles. The van der Waals surface area contributed by atoms with E-state index >= 15 is 0 Å². The fourth-order valence-corrected chi connectivity index (χ4v) is 4.46. The lowest BCUT2D eigenvalue weighted by Crippen LogP contribution is -2.48. The van der Waals surface area contributed by atoms with E-state index in [1.807, 2.05) is 30.1 Å². The van der Waals surface area contributed by atoms with Crippen LogP contribution in [0.5, 0.6) is 0 Å². The molecule has 2 aliphatic rings.